The van der Waals surface area contributed by atoms with E-state index in [2.05, 4.69) is 10.6 Å². The van der Waals surface area contributed by atoms with Gasteiger partial charge in [-0.05, 0) is 67.2 Å². The van der Waals surface area contributed by atoms with Gasteiger partial charge in [-0.25, -0.2) is 4.98 Å². The van der Waals surface area contributed by atoms with Gasteiger partial charge in [0.15, 0.2) is 5.11 Å². The molecule has 0 spiro atoms. The van der Waals surface area contributed by atoms with E-state index >= 15 is 0 Å². The van der Waals surface area contributed by atoms with Crippen molar-refractivity contribution in [3.05, 3.63) is 81.8 Å². The minimum absolute atomic E-state index is 0.168. The Hall–Kier alpha value is -2.51. The summed E-state index contributed by atoms with van der Waals surface area (Å²) in [7, 11) is 0. The number of thiazole rings is 1. The number of benzene rings is 3. The van der Waals surface area contributed by atoms with Crippen LogP contribution in [-0.2, 0) is 0 Å². The number of nitrogens with zero attached hydrogens (tertiary/aromatic N) is 1. The summed E-state index contributed by atoms with van der Waals surface area (Å²) in [5.41, 5.74) is 3.74. The molecule has 4 nitrogen and oxygen atoms in total. The molecule has 1 aromatic heterocycles. The maximum Gasteiger partial charge on any atom is 0.257 e. The number of fused-ring (bicyclic) bond motifs is 1. The highest BCUT2D eigenvalue weighted by Gasteiger charge is 2.14. The molecule has 8 heteroatoms. The highest BCUT2D eigenvalue weighted by molar-refractivity contribution is 7.80. The molecule has 0 unspecified atom stereocenters. The van der Waals surface area contributed by atoms with Crippen molar-refractivity contribution in [2.24, 2.45) is 0 Å². The molecular formula is C22H15Cl2N3OS2. The van der Waals surface area contributed by atoms with Gasteiger partial charge in [0, 0.05) is 21.2 Å². The number of anilines is 1. The second kappa shape index (κ2) is 8.70. The van der Waals surface area contributed by atoms with E-state index in [0.29, 0.717) is 21.3 Å². The summed E-state index contributed by atoms with van der Waals surface area (Å²) < 4.78 is 1.07. The summed E-state index contributed by atoms with van der Waals surface area (Å²) in [5, 5.41) is 7.85. The van der Waals surface area contributed by atoms with E-state index in [-0.39, 0.29) is 11.0 Å². The molecule has 0 atom stereocenters. The maximum absolute atomic E-state index is 12.5. The fourth-order valence-corrected chi connectivity index (χ4v) is 4.40. The minimum Gasteiger partial charge on any atom is -0.332 e. The van der Waals surface area contributed by atoms with Crippen LogP contribution in [0.25, 0.3) is 20.8 Å². The molecule has 0 saturated heterocycles. The third-order valence-corrected chi connectivity index (χ3v) is 6.33. The number of aromatic nitrogens is 1. The Morgan fingerprint density at radius 1 is 1.07 bits per heavy atom. The first kappa shape index (κ1) is 20.8. The van der Waals surface area contributed by atoms with Crippen LogP contribution in [0.1, 0.15) is 15.9 Å². The van der Waals surface area contributed by atoms with E-state index in [1.165, 1.54) is 0 Å². The Morgan fingerprint density at radius 3 is 2.63 bits per heavy atom. The van der Waals surface area contributed by atoms with Gasteiger partial charge >= 0.3 is 0 Å². The summed E-state index contributed by atoms with van der Waals surface area (Å²) in [4.78, 5) is 17.2. The quantitative estimate of drug-likeness (QED) is 0.326. The van der Waals surface area contributed by atoms with Crippen LogP contribution in [0.15, 0.2) is 60.7 Å². The maximum atomic E-state index is 12.5. The molecule has 4 aromatic rings. The topological polar surface area (TPSA) is 54.0 Å². The number of rotatable bonds is 3. The lowest BCUT2D eigenvalue weighted by atomic mass is 10.1. The highest BCUT2D eigenvalue weighted by atomic mass is 35.5. The number of aryl methyl sites for hydroxylation is 1. The molecule has 1 amide bonds. The molecule has 1 heterocycles. The van der Waals surface area contributed by atoms with Crippen molar-refractivity contribution >= 4 is 73.7 Å². The summed E-state index contributed by atoms with van der Waals surface area (Å²) in [5.74, 6) is -0.343. The number of halogens is 2. The van der Waals surface area contributed by atoms with Crippen molar-refractivity contribution in [1.29, 1.82) is 0 Å². The van der Waals surface area contributed by atoms with Crippen LogP contribution in [0.5, 0.6) is 0 Å². The van der Waals surface area contributed by atoms with Crippen LogP contribution >= 0.6 is 46.8 Å². The van der Waals surface area contributed by atoms with Gasteiger partial charge in [-0.3, -0.25) is 10.1 Å². The Bertz CT molecular complexity index is 1250. The fraction of sp³-hybridized carbons (Fsp3) is 0.0455. The molecule has 0 bridgehead atoms. The Labute approximate surface area is 192 Å². The average molecular weight is 472 g/mol. The number of nitrogens with one attached hydrogen (secondary N) is 2. The number of hydrogen-bond acceptors (Lipinski definition) is 4. The summed E-state index contributed by atoms with van der Waals surface area (Å²) in [6.07, 6.45) is 0. The number of hydrogen-bond donors (Lipinski definition) is 2. The molecule has 150 valence electrons. The monoisotopic (exact) mass is 471 g/mol. The van der Waals surface area contributed by atoms with Crippen LogP contribution in [0, 0.1) is 6.92 Å². The zero-order valence-corrected chi connectivity index (χ0v) is 18.8. The minimum atomic E-state index is -0.343. The normalized spacial score (nSPS) is 10.8. The predicted octanol–water partition coefficient (Wildman–Crippen LogP) is 6.71. The SMILES string of the molecule is Cc1ccc(C(=O)NC(=S)Nc2ccc(Cl)cc2-c2nc3ccccc3s2)cc1Cl. The molecule has 2 N–H and O–H groups in total. The van der Waals surface area contributed by atoms with E-state index in [1.54, 1.807) is 35.6 Å². The number of amides is 1. The lowest BCUT2D eigenvalue weighted by Crippen LogP contribution is -2.34. The van der Waals surface area contributed by atoms with Gasteiger partial charge in [0.1, 0.15) is 5.01 Å². The van der Waals surface area contributed by atoms with Crippen LogP contribution in [0.4, 0.5) is 5.69 Å². The van der Waals surface area contributed by atoms with Crippen LogP contribution in [-0.4, -0.2) is 16.0 Å². The molecule has 0 aliphatic rings. The Balaban J connectivity index is 1.57. The summed E-state index contributed by atoms with van der Waals surface area (Å²) >= 11 is 19.3. The molecule has 0 aliphatic carbocycles. The van der Waals surface area contributed by atoms with Crippen molar-refractivity contribution in [2.75, 3.05) is 5.32 Å². The third-order valence-electron chi connectivity index (χ3n) is 4.42. The average Bonchev–Trinajstić information content (AvgIpc) is 3.15. The largest absolute Gasteiger partial charge is 0.332 e. The van der Waals surface area contributed by atoms with Crippen molar-refractivity contribution < 1.29 is 4.79 Å². The lowest BCUT2D eigenvalue weighted by Gasteiger charge is -2.13. The van der Waals surface area contributed by atoms with Gasteiger partial charge in [0.2, 0.25) is 0 Å². The highest BCUT2D eigenvalue weighted by Crippen LogP contribution is 2.36. The van der Waals surface area contributed by atoms with Crippen molar-refractivity contribution in [1.82, 2.24) is 10.3 Å². The molecule has 0 aliphatic heterocycles. The zero-order chi connectivity index (χ0) is 21.3. The van der Waals surface area contributed by atoms with Gasteiger partial charge in [0.25, 0.3) is 5.91 Å². The first-order valence-corrected chi connectivity index (χ1v) is 10.9. The van der Waals surface area contributed by atoms with E-state index < -0.39 is 0 Å². The number of thiocarbonyl (C=S) groups is 1. The number of carbonyl (C=O) groups excluding carboxylic acids is 1. The predicted molar refractivity (Wildman–Crippen MR) is 130 cm³/mol. The lowest BCUT2D eigenvalue weighted by molar-refractivity contribution is 0.0977. The van der Waals surface area contributed by atoms with Crippen molar-refractivity contribution in [3.63, 3.8) is 0 Å². The van der Waals surface area contributed by atoms with Gasteiger partial charge in [-0.15, -0.1) is 11.3 Å². The van der Waals surface area contributed by atoms with Crippen molar-refractivity contribution in [2.45, 2.75) is 6.92 Å². The summed E-state index contributed by atoms with van der Waals surface area (Å²) in [6, 6.07) is 18.4. The summed E-state index contributed by atoms with van der Waals surface area (Å²) in [6.45, 7) is 1.88. The molecule has 0 radical (unpaired) electrons. The van der Waals surface area contributed by atoms with Crippen LogP contribution < -0.4 is 10.6 Å². The molecule has 30 heavy (non-hydrogen) atoms. The number of para-hydroxylation sites is 1. The van der Waals surface area contributed by atoms with E-state index in [9.17, 15) is 4.79 Å². The Morgan fingerprint density at radius 2 is 1.87 bits per heavy atom. The molecule has 0 fully saturated rings. The van der Waals surface area contributed by atoms with Gasteiger partial charge in [-0.1, -0.05) is 41.4 Å². The second-order valence-corrected chi connectivity index (χ2v) is 8.83. The third kappa shape index (κ3) is 4.47. The van der Waals surface area contributed by atoms with E-state index in [1.807, 2.05) is 43.3 Å². The first-order valence-electron chi connectivity index (χ1n) is 8.95. The van der Waals surface area contributed by atoms with Gasteiger partial charge in [0.05, 0.1) is 15.9 Å². The molecule has 4 rings (SSSR count). The Kier molecular flexibility index (Phi) is 6.01. The van der Waals surface area contributed by atoms with Crippen LogP contribution in [0.2, 0.25) is 10.0 Å². The number of carbonyl (C=O) groups is 1. The van der Waals surface area contributed by atoms with E-state index in [4.69, 9.17) is 40.4 Å². The first-order chi connectivity index (χ1) is 14.4. The second-order valence-electron chi connectivity index (χ2n) is 6.55. The van der Waals surface area contributed by atoms with Gasteiger partial charge in [-0.2, -0.15) is 0 Å². The molecule has 0 saturated carbocycles. The smallest absolute Gasteiger partial charge is 0.257 e. The standard InChI is InChI=1S/C22H15Cl2N3OS2/c1-12-6-7-13(10-16(12)24)20(28)27-22(29)26-17-9-8-14(23)11-15(17)21-25-18-4-2-3-5-19(18)30-21/h2-11H,1H3,(H2,26,27,28,29). The van der Waals surface area contributed by atoms with Crippen molar-refractivity contribution in [3.8, 4) is 10.6 Å². The zero-order valence-electron chi connectivity index (χ0n) is 15.7. The van der Waals surface area contributed by atoms with Gasteiger partial charge < -0.3 is 5.32 Å². The molecular weight excluding hydrogens is 457 g/mol. The molecule has 3 aromatic carbocycles. The fourth-order valence-electron chi connectivity index (χ4n) is 2.85. The van der Waals surface area contributed by atoms with E-state index in [0.717, 1.165) is 26.4 Å². The van der Waals surface area contributed by atoms with Crippen LogP contribution in [0.3, 0.4) is 0 Å².